The maximum Gasteiger partial charge on any atom is 0.131 e. The van der Waals surface area contributed by atoms with Crippen molar-refractivity contribution < 1.29 is 4.39 Å². The Labute approximate surface area is 166 Å². The Balaban J connectivity index is 1.61. The highest BCUT2D eigenvalue weighted by atomic mass is 28.3. The van der Waals surface area contributed by atoms with E-state index in [0.717, 1.165) is 24.0 Å². The molecule has 1 radical (unpaired) electrons. The number of aryl methyl sites for hydroxylation is 1. The molecule has 2 heteroatoms. The van der Waals surface area contributed by atoms with Gasteiger partial charge in [0.15, 0.2) is 0 Å². The summed E-state index contributed by atoms with van der Waals surface area (Å²) in [5.41, 5.74) is 4.27. The number of unbranched alkanes of at least 4 members (excludes halogenated alkanes) is 2. The molecular weight excluding hydrogens is 347 g/mol. The van der Waals surface area contributed by atoms with Gasteiger partial charge in [-0.25, -0.2) is 4.39 Å². The number of halogens is 1. The molecule has 0 amide bonds. The van der Waals surface area contributed by atoms with Crippen LogP contribution in [0.3, 0.4) is 0 Å². The van der Waals surface area contributed by atoms with E-state index in [-0.39, 0.29) is 14.6 Å². The molecule has 0 N–H and O–H groups in total. The van der Waals surface area contributed by atoms with Crippen molar-refractivity contribution in [3.05, 3.63) is 59.4 Å². The van der Waals surface area contributed by atoms with Crippen LogP contribution >= 0.6 is 0 Å². The third-order valence-electron chi connectivity index (χ3n) is 6.09. The molecule has 0 saturated carbocycles. The molecule has 1 fully saturated rings. The Morgan fingerprint density at radius 2 is 1.67 bits per heavy atom. The Kier molecular flexibility index (Phi) is 7.69. The number of benzene rings is 2. The Morgan fingerprint density at radius 3 is 2.30 bits per heavy atom. The van der Waals surface area contributed by atoms with Gasteiger partial charge < -0.3 is 0 Å². The maximum absolute atomic E-state index is 14.8. The summed E-state index contributed by atoms with van der Waals surface area (Å²) in [4.78, 5) is 0. The molecule has 27 heavy (non-hydrogen) atoms. The molecule has 0 nitrogen and oxygen atoms in total. The van der Waals surface area contributed by atoms with Gasteiger partial charge in [-0.3, -0.25) is 0 Å². The zero-order chi connectivity index (χ0) is 19.1. The Hall–Kier alpha value is -1.41. The molecule has 145 valence electrons. The number of rotatable bonds is 8. The monoisotopic (exact) mass is 381 g/mol. The van der Waals surface area contributed by atoms with Gasteiger partial charge in [-0.1, -0.05) is 94.1 Å². The standard InChI is InChI=1S/C25H34FSi/c1-3-5-6-16-27-17-14-21(15-18-27)23-12-13-24(25(26)19-23)22-10-8-20(7-4-2)9-11-22/h8-13,19,21H,3-7,14-18H2,1-2H3. The minimum atomic E-state index is -0.123. The lowest BCUT2D eigenvalue weighted by atomic mass is 9.91. The van der Waals surface area contributed by atoms with Gasteiger partial charge in [0.05, 0.1) is 0 Å². The summed E-state index contributed by atoms with van der Waals surface area (Å²) in [6, 6.07) is 18.7. The largest absolute Gasteiger partial charge is 0.206 e. The number of hydrogen-bond donors (Lipinski definition) is 0. The topological polar surface area (TPSA) is 0 Å². The van der Waals surface area contributed by atoms with Gasteiger partial charge in [-0.2, -0.15) is 0 Å². The molecule has 1 aliphatic heterocycles. The van der Waals surface area contributed by atoms with Gasteiger partial charge >= 0.3 is 0 Å². The fourth-order valence-corrected chi connectivity index (χ4v) is 7.41. The molecule has 0 aliphatic carbocycles. The van der Waals surface area contributed by atoms with Gasteiger partial charge in [0.2, 0.25) is 0 Å². The van der Waals surface area contributed by atoms with Gasteiger partial charge in [0.25, 0.3) is 0 Å². The molecule has 0 atom stereocenters. The van der Waals surface area contributed by atoms with Crippen molar-refractivity contribution in [1.82, 2.24) is 0 Å². The number of hydrogen-bond acceptors (Lipinski definition) is 0. The molecular formula is C25H34FSi. The van der Waals surface area contributed by atoms with Crippen LogP contribution in [-0.4, -0.2) is 8.80 Å². The third-order valence-corrected chi connectivity index (χ3v) is 9.15. The van der Waals surface area contributed by atoms with Gasteiger partial charge in [-0.15, -0.1) is 0 Å². The van der Waals surface area contributed by atoms with Crippen LogP contribution in [0.2, 0.25) is 18.1 Å². The lowest BCUT2D eigenvalue weighted by Gasteiger charge is -2.28. The molecule has 1 saturated heterocycles. The van der Waals surface area contributed by atoms with Crippen LogP contribution in [0.25, 0.3) is 11.1 Å². The van der Waals surface area contributed by atoms with Crippen LogP contribution in [0.5, 0.6) is 0 Å². The lowest BCUT2D eigenvalue weighted by molar-refractivity contribution is 0.588. The highest BCUT2D eigenvalue weighted by Gasteiger charge is 2.23. The predicted octanol–water partition coefficient (Wildman–Crippen LogP) is 8.01. The molecule has 0 spiro atoms. The summed E-state index contributed by atoms with van der Waals surface area (Å²) < 4.78 is 14.8. The van der Waals surface area contributed by atoms with Crippen LogP contribution in [0.4, 0.5) is 4.39 Å². The van der Waals surface area contributed by atoms with E-state index in [1.54, 1.807) is 0 Å². The second kappa shape index (κ2) is 10.2. The summed E-state index contributed by atoms with van der Waals surface area (Å²) >= 11 is 0. The van der Waals surface area contributed by atoms with Gasteiger partial charge in [0, 0.05) is 14.4 Å². The SMILES string of the molecule is CCCCC[Si]1CCC(c2ccc(-c3ccc(CCC)cc3)c(F)c2)CC1. The first-order valence-electron chi connectivity index (χ1n) is 10.9. The van der Waals surface area contributed by atoms with E-state index in [9.17, 15) is 4.39 Å². The molecule has 1 heterocycles. The first-order valence-corrected chi connectivity index (χ1v) is 13.1. The van der Waals surface area contributed by atoms with E-state index in [1.807, 2.05) is 12.1 Å². The summed E-state index contributed by atoms with van der Waals surface area (Å²) in [5.74, 6) is 0.509. The minimum absolute atomic E-state index is 0.0604. The van der Waals surface area contributed by atoms with Crippen molar-refractivity contribution >= 4 is 8.80 Å². The van der Waals surface area contributed by atoms with Crippen LogP contribution < -0.4 is 0 Å². The summed E-state index contributed by atoms with van der Waals surface area (Å²) in [5, 5.41) is 0. The zero-order valence-corrected chi connectivity index (χ0v) is 18.1. The molecule has 0 bridgehead atoms. The summed E-state index contributed by atoms with van der Waals surface area (Å²) in [6.45, 7) is 4.47. The van der Waals surface area contributed by atoms with Crippen molar-refractivity contribution in [3.63, 3.8) is 0 Å². The second-order valence-corrected chi connectivity index (χ2v) is 11.2. The van der Waals surface area contributed by atoms with E-state index < -0.39 is 0 Å². The fraction of sp³-hybridized carbons (Fsp3) is 0.520. The Morgan fingerprint density at radius 1 is 0.926 bits per heavy atom. The lowest BCUT2D eigenvalue weighted by Crippen LogP contribution is -2.20. The van der Waals surface area contributed by atoms with E-state index in [1.165, 1.54) is 61.4 Å². The average molecular weight is 382 g/mol. The van der Waals surface area contributed by atoms with E-state index in [4.69, 9.17) is 0 Å². The first kappa shape index (κ1) is 20.3. The molecule has 1 aliphatic rings. The van der Waals surface area contributed by atoms with E-state index in [0.29, 0.717) is 5.92 Å². The first-order chi connectivity index (χ1) is 13.2. The zero-order valence-electron chi connectivity index (χ0n) is 17.1. The third kappa shape index (κ3) is 5.54. The van der Waals surface area contributed by atoms with Crippen molar-refractivity contribution in [1.29, 1.82) is 0 Å². The highest BCUT2D eigenvalue weighted by molar-refractivity contribution is 6.59. The van der Waals surface area contributed by atoms with Gasteiger partial charge in [-0.05, 0) is 47.9 Å². The molecule has 3 rings (SSSR count). The van der Waals surface area contributed by atoms with Crippen LogP contribution in [0, 0.1) is 5.82 Å². The minimum Gasteiger partial charge on any atom is -0.206 e. The normalized spacial score (nSPS) is 16.0. The van der Waals surface area contributed by atoms with Crippen molar-refractivity contribution in [2.45, 2.75) is 82.8 Å². The molecule has 2 aromatic carbocycles. The van der Waals surface area contributed by atoms with Crippen molar-refractivity contribution in [2.24, 2.45) is 0 Å². The van der Waals surface area contributed by atoms with E-state index in [2.05, 4.69) is 44.2 Å². The average Bonchev–Trinajstić information content (AvgIpc) is 2.70. The predicted molar refractivity (Wildman–Crippen MR) is 118 cm³/mol. The highest BCUT2D eigenvalue weighted by Crippen LogP contribution is 2.36. The van der Waals surface area contributed by atoms with E-state index >= 15 is 0 Å². The maximum atomic E-state index is 14.8. The summed E-state index contributed by atoms with van der Waals surface area (Å²) in [7, 11) is -0.123. The quantitative estimate of drug-likeness (QED) is 0.321. The van der Waals surface area contributed by atoms with Crippen LogP contribution in [-0.2, 0) is 6.42 Å². The Bertz CT molecular complexity index is 699. The van der Waals surface area contributed by atoms with Gasteiger partial charge in [0.1, 0.15) is 5.82 Å². The van der Waals surface area contributed by atoms with Crippen molar-refractivity contribution in [3.8, 4) is 11.1 Å². The summed E-state index contributed by atoms with van der Waals surface area (Å²) in [6.07, 6.45) is 8.91. The van der Waals surface area contributed by atoms with Crippen LogP contribution in [0.15, 0.2) is 42.5 Å². The van der Waals surface area contributed by atoms with Crippen LogP contribution in [0.1, 0.15) is 69.4 Å². The molecule has 2 aromatic rings. The fourth-order valence-electron chi connectivity index (χ4n) is 4.39. The smallest absolute Gasteiger partial charge is 0.131 e. The second-order valence-electron chi connectivity index (χ2n) is 8.17. The van der Waals surface area contributed by atoms with Crippen molar-refractivity contribution in [2.75, 3.05) is 0 Å². The molecule has 0 aromatic heterocycles. The molecule has 0 unspecified atom stereocenters.